The van der Waals surface area contributed by atoms with Crippen molar-refractivity contribution in [2.45, 2.75) is 18.3 Å². The maximum absolute atomic E-state index is 12.6. The molecule has 0 radical (unpaired) electrons. The van der Waals surface area contributed by atoms with Crippen LogP contribution in [0.4, 0.5) is 4.39 Å². The Labute approximate surface area is 76.1 Å². The van der Waals surface area contributed by atoms with Crippen molar-refractivity contribution in [2.75, 3.05) is 0 Å². The molecule has 2 nitrogen and oxygen atoms in total. The predicted molar refractivity (Wildman–Crippen MR) is 49.2 cm³/mol. The molecule has 2 rings (SSSR count). The third-order valence-electron chi connectivity index (χ3n) is 2.66. The molecule has 0 spiro atoms. The van der Waals surface area contributed by atoms with Crippen molar-refractivity contribution >= 4 is 5.84 Å². The second kappa shape index (κ2) is 2.55. The Balaban J connectivity index is 2.36. The maximum Gasteiger partial charge on any atom is 0.123 e. The predicted octanol–water partition coefficient (Wildman–Crippen LogP) is 1.79. The molecule has 13 heavy (non-hydrogen) atoms. The zero-order valence-corrected chi connectivity index (χ0v) is 7.18. The molecular formula is C10H11FN2. The van der Waals surface area contributed by atoms with Crippen LogP contribution in [0, 0.1) is 11.2 Å². The Bertz CT molecular complexity index is 338. The number of nitrogens with one attached hydrogen (secondary N) is 1. The highest BCUT2D eigenvalue weighted by Gasteiger charge is 2.47. The molecule has 1 aliphatic rings. The Hall–Kier alpha value is -1.38. The van der Waals surface area contributed by atoms with Gasteiger partial charge in [0.05, 0.1) is 5.41 Å². The van der Waals surface area contributed by atoms with Gasteiger partial charge in [0.2, 0.25) is 0 Å². The maximum atomic E-state index is 12.6. The van der Waals surface area contributed by atoms with Crippen LogP contribution in [0.15, 0.2) is 24.3 Å². The minimum atomic E-state index is -0.270. The van der Waals surface area contributed by atoms with Crippen molar-refractivity contribution < 1.29 is 4.39 Å². The zero-order chi connectivity index (χ0) is 9.47. The number of nitrogens with two attached hydrogens (primary N) is 1. The van der Waals surface area contributed by atoms with Crippen molar-refractivity contribution in [1.82, 2.24) is 0 Å². The van der Waals surface area contributed by atoms with Crippen LogP contribution in [0.3, 0.4) is 0 Å². The van der Waals surface area contributed by atoms with E-state index in [9.17, 15) is 4.39 Å². The van der Waals surface area contributed by atoms with E-state index in [0.29, 0.717) is 0 Å². The van der Waals surface area contributed by atoms with E-state index in [1.54, 1.807) is 12.1 Å². The van der Waals surface area contributed by atoms with E-state index in [0.717, 1.165) is 18.4 Å². The van der Waals surface area contributed by atoms with Crippen LogP contribution in [0.2, 0.25) is 0 Å². The second-order valence-corrected chi connectivity index (χ2v) is 3.50. The molecule has 3 heteroatoms. The Morgan fingerprint density at radius 3 is 2.23 bits per heavy atom. The van der Waals surface area contributed by atoms with Gasteiger partial charge in [-0.05, 0) is 30.5 Å². The van der Waals surface area contributed by atoms with E-state index in [1.807, 2.05) is 0 Å². The van der Waals surface area contributed by atoms with Gasteiger partial charge in [-0.3, -0.25) is 5.41 Å². The molecule has 0 bridgehead atoms. The Morgan fingerprint density at radius 2 is 1.85 bits per heavy atom. The van der Waals surface area contributed by atoms with E-state index in [2.05, 4.69) is 0 Å². The van der Waals surface area contributed by atoms with Crippen LogP contribution >= 0.6 is 0 Å². The average Bonchev–Trinajstić information content (AvgIpc) is 2.86. The summed E-state index contributed by atoms with van der Waals surface area (Å²) in [6.07, 6.45) is 1.82. The molecule has 0 unspecified atom stereocenters. The summed E-state index contributed by atoms with van der Waals surface area (Å²) in [4.78, 5) is 0. The van der Waals surface area contributed by atoms with Crippen molar-refractivity contribution in [2.24, 2.45) is 5.73 Å². The smallest absolute Gasteiger partial charge is 0.123 e. The number of halogens is 1. The summed E-state index contributed by atoms with van der Waals surface area (Å²) in [6.45, 7) is 0. The largest absolute Gasteiger partial charge is 0.387 e. The SMILES string of the molecule is N=C(N)C1(c2ccc(F)cc2)CC1. The van der Waals surface area contributed by atoms with Crippen molar-refractivity contribution in [3.05, 3.63) is 35.6 Å². The normalized spacial score (nSPS) is 18.2. The van der Waals surface area contributed by atoms with Gasteiger partial charge in [-0.2, -0.15) is 0 Å². The number of amidine groups is 1. The average molecular weight is 178 g/mol. The zero-order valence-electron chi connectivity index (χ0n) is 7.18. The number of rotatable bonds is 2. The van der Waals surface area contributed by atoms with Crippen LogP contribution < -0.4 is 5.73 Å². The molecule has 1 aliphatic carbocycles. The monoisotopic (exact) mass is 178 g/mol. The van der Waals surface area contributed by atoms with E-state index in [-0.39, 0.29) is 17.1 Å². The van der Waals surface area contributed by atoms with E-state index >= 15 is 0 Å². The summed E-state index contributed by atoms with van der Waals surface area (Å²) < 4.78 is 12.6. The van der Waals surface area contributed by atoms with Gasteiger partial charge in [0, 0.05) is 0 Å². The summed E-state index contributed by atoms with van der Waals surface area (Å²) in [7, 11) is 0. The fourth-order valence-electron chi connectivity index (χ4n) is 1.61. The minimum Gasteiger partial charge on any atom is -0.387 e. The standard InChI is InChI=1S/C10H11FN2/c11-8-3-1-7(2-4-8)10(5-6-10)9(12)13/h1-4H,5-6H2,(H3,12,13). The van der Waals surface area contributed by atoms with Gasteiger partial charge in [0.1, 0.15) is 11.7 Å². The number of benzene rings is 1. The van der Waals surface area contributed by atoms with Crippen LogP contribution in [0.25, 0.3) is 0 Å². The fourth-order valence-corrected chi connectivity index (χ4v) is 1.61. The molecule has 0 heterocycles. The molecule has 1 aromatic rings. The second-order valence-electron chi connectivity index (χ2n) is 3.50. The third kappa shape index (κ3) is 1.20. The lowest BCUT2D eigenvalue weighted by Crippen LogP contribution is -2.27. The number of hydrogen-bond acceptors (Lipinski definition) is 1. The summed E-state index contributed by atoms with van der Waals surface area (Å²) in [6, 6.07) is 6.25. The van der Waals surface area contributed by atoms with Crippen molar-refractivity contribution in [3.8, 4) is 0 Å². The molecule has 1 aromatic carbocycles. The minimum absolute atomic E-state index is 0.194. The van der Waals surface area contributed by atoms with Crippen molar-refractivity contribution in [1.29, 1.82) is 5.41 Å². The Kier molecular flexibility index (Phi) is 1.62. The first-order valence-corrected chi connectivity index (χ1v) is 4.26. The molecule has 68 valence electrons. The van der Waals surface area contributed by atoms with Gasteiger partial charge in [-0.15, -0.1) is 0 Å². The Morgan fingerprint density at radius 1 is 1.31 bits per heavy atom. The first-order chi connectivity index (χ1) is 6.15. The van der Waals surface area contributed by atoms with Gasteiger partial charge >= 0.3 is 0 Å². The van der Waals surface area contributed by atoms with Crippen LogP contribution in [0.5, 0.6) is 0 Å². The first-order valence-electron chi connectivity index (χ1n) is 4.26. The van der Waals surface area contributed by atoms with Crippen LogP contribution in [-0.2, 0) is 5.41 Å². The quantitative estimate of drug-likeness (QED) is 0.526. The topological polar surface area (TPSA) is 49.9 Å². The highest BCUT2D eigenvalue weighted by Crippen LogP contribution is 2.47. The molecule has 0 saturated heterocycles. The molecule has 1 saturated carbocycles. The van der Waals surface area contributed by atoms with Gasteiger partial charge in [-0.1, -0.05) is 12.1 Å². The summed E-state index contributed by atoms with van der Waals surface area (Å²) in [5.74, 6) is -0.0535. The lowest BCUT2D eigenvalue weighted by Gasteiger charge is -2.12. The first kappa shape index (κ1) is 8.23. The number of hydrogen-bond donors (Lipinski definition) is 2. The van der Waals surface area contributed by atoms with Crippen LogP contribution in [0.1, 0.15) is 18.4 Å². The van der Waals surface area contributed by atoms with Gasteiger partial charge in [0.15, 0.2) is 0 Å². The molecule has 1 fully saturated rings. The van der Waals surface area contributed by atoms with E-state index < -0.39 is 0 Å². The van der Waals surface area contributed by atoms with Crippen molar-refractivity contribution in [3.63, 3.8) is 0 Å². The van der Waals surface area contributed by atoms with Gasteiger partial charge in [-0.25, -0.2) is 4.39 Å². The summed E-state index contributed by atoms with van der Waals surface area (Å²) >= 11 is 0. The molecule has 0 amide bonds. The van der Waals surface area contributed by atoms with Crippen LogP contribution in [-0.4, -0.2) is 5.84 Å². The molecule has 0 aliphatic heterocycles. The highest BCUT2D eigenvalue weighted by molar-refractivity contribution is 5.92. The third-order valence-corrected chi connectivity index (χ3v) is 2.66. The lowest BCUT2D eigenvalue weighted by atomic mass is 9.95. The lowest BCUT2D eigenvalue weighted by molar-refractivity contribution is 0.626. The summed E-state index contributed by atoms with van der Waals surface area (Å²) in [5, 5.41) is 7.43. The van der Waals surface area contributed by atoms with Gasteiger partial charge in [0.25, 0.3) is 0 Å². The van der Waals surface area contributed by atoms with E-state index in [4.69, 9.17) is 11.1 Å². The molecular weight excluding hydrogens is 167 g/mol. The molecule has 3 N–H and O–H groups in total. The molecule has 0 atom stereocenters. The fraction of sp³-hybridized carbons (Fsp3) is 0.300. The van der Waals surface area contributed by atoms with E-state index in [1.165, 1.54) is 12.1 Å². The highest BCUT2D eigenvalue weighted by atomic mass is 19.1. The summed E-state index contributed by atoms with van der Waals surface area (Å²) in [5.41, 5.74) is 6.18. The molecule has 0 aromatic heterocycles. The van der Waals surface area contributed by atoms with Gasteiger partial charge < -0.3 is 5.73 Å².